The number of hydrogen-bond donors (Lipinski definition) is 0. The Morgan fingerprint density at radius 1 is 0.900 bits per heavy atom. The lowest BCUT2D eigenvalue weighted by Crippen LogP contribution is -2.33. The smallest absolute Gasteiger partial charge is 0.336 e. The van der Waals surface area contributed by atoms with Gasteiger partial charge in [0.15, 0.2) is 0 Å². The first-order valence-electron chi connectivity index (χ1n) is 10.6. The van der Waals surface area contributed by atoms with Crippen molar-refractivity contribution in [3.8, 4) is 0 Å². The van der Waals surface area contributed by atoms with Crippen LogP contribution in [0.25, 0.3) is 0 Å². The number of halogens is 1. The highest BCUT2D eigenvalue weighted by Gasteiger charge is 2.39. The van der Waals surface area contributed by atoms with Gasteiger partial charge in [-0.15, -0.1) is 0 Å². The summed E-state index contributed by atoms with van der Waals surface area (Å²) in [5.74, 6) is -1.29. The molecule has 1 aliphatic rings. The average Bonchev–Trinajstić information content (AvgIpc) is 2.72. The maximum Gasteiger partial charge on any atom is 0.336 e. The molecule has 0 radical (unpaired) electrons. The zero-order valence-corrected chi connectivity index (χ0v) is 20.2. The van der Waals surface area contributed by atoms with Crippen molar-refractivity contribution in [2.75, 3.05) is 20.3 Å². The maximum absolute atomic E-state index is 13.1. The van der Waals surface area contributed by atoms with Crippen LogP contribution in [0.2, 0.25) is 0 Å². The van der Waals surface area contributed by atoms with Gasteiger partial charge < -0.3 is 14.4 Å². The Morgan fingerprint density at radius 2 is 1.33 bits per heavy atom. The quantitative estimate of drug-likeness (QED) is 0.336. The van der Waals surface area contributed by atoms with Crippen molar-refractivity contribution < 1.29 is 19.1 Å². The number of benzene rings is 1. The Morgan fingerprint density at radius 3 is 1.73 bits per heavy atom. The van der Waals surface area contributed by atoms with Crippen LogP contribution >= 0.6 is 15.9 Å². The van der Waals surface area contributed by atoms with Crippen LogP contribution in [0.4, 0.5) is 0 Å². The zero-order chi connectivity index (χ0) is 22.3. The highest BCUT2D eigenvalue weighted by atomic mass is 79.9. The van der Waals surface area contributed by atoms with E-state index in [9.17, 15) is 9.59 Å². The second kappa shape index (κ2) is 11.3. The molecule has 30 heavy (non-hydrogen) atoms. The minimum absolute atomic E-state index is 0.363. The number of rotatable bonds is 9. The third-order valence-electron chi connectivity index (χ3n) is 5.47. The molecule has 2 rings (SSSR count). The molecule has 1 aromatic carbocycles. The Kier molecular flexibility index (Phi) is 9.15. The van der Waals surface area contributed by atoms with Crippen molar-refractivity contribution in [2.24, 2.45) is 0 Å². The molecule has 6 heteroatoms. The topological polar surface area (TPSA) is 55.8 Å². The van der Waals surface area contributed by atoms with Gasteiger partial charge in [0.25, 0.3) is 0 Å². The lowest BCUT2D eigenvalue weighted by atomic mass is 9.80. The van der Waals surface area contributed by atoms with Crippen LogP contribution in [0.15, 0.2) is 51.3 Å². The predicted molar refractivity (Wildman–Crippen MR) is 122 cm³/mol. The molecular formula is C24H32BrNO4. The van der Waals surface area contributed by atoms with E-state index in [1.54, 1.807) is 0 Å². The van der Waals surface area contributed by atoms with Gasteiger partial charge in [0.1, 0.15) is 0 Å². The van der Waals surface area contributed by atoms with Gasteiger partial charge in [-0.2, -0.15) is 0 Å². The summed E-state index contributed by atoms with van der Waals surface area (Å²) in [7, 11) is 1.86. The fourth-order valence-electron chi connectivity index (χ4n) is 3.47. The van der Waals surface area contributed by atoms with E-state index in [-0.39, 0.29) is 11.9 Å². The number of carbonyl (C=O) groups excluding carboxylic acids is 2. The molecule has 0 unspecified atom stereocenters. The van der Waals surface area contributed by atoms with Gasteiger partial charge in [-0.3, -0.25) is 0 Å². The minimum atomic E-state index is -0.530. The molecule has 0 spiro atoms. The molecule has 1 aromatic rings. The molecule has 1 heterocycles. The first-order chi connectivity index (χ1) is 14.3. The predicted octanol–water partition coefficient (Wildman–Crippen LogP) is 5.71. The number of allylic oxidation sites excluding steroid dienone is 2. The second-order valence-electron chi connectivity index (χ2n) is 7.52. The Bertz CT molecular complexity index is 780. The molecule has 0 fully saturated rings. The summed E-state index contributed by atoms with van der Waals surface area (Å²) in [6, 6.07) is 7.69. The highest BCUT2D eigenvalue weighted by molar-refractivity contribution is 9.10. The molecule has 164 valence electrons. The van der Waals surface area contributed by atoms with Gasteiger partial charge in [-0.05, 0) is 44.4 Å². The monoisotopic (exact) mass is 477 g/mol. The fourth-order valence-corrected chi connectivity index (χ4v) is 3.73. The molecule has 0 aliphatic carbocycles. The summed E-state index contributed by atoms with van der Waals surface area (Å²) >= 11 is 3.46. The number of unbranched alkanes of at least 4 members (excludes halogenated alkanes) is 2. The van der Waals surface area contributed by atoms with E-state index in [0.29, 0.717) is 24.4 Å². The number of hydrogen-bond acceptors (Lipinski definition) is 5. The summed E-state index contributed by atoms with van der Waals surface area (Å²) in [4.78, 5) is 28.1. The summed E-state index contributed by atoms with van der Waals surface area (Å²) in [6.07, 6.45) is 3.49. The van der Waals surface area contributed by atoms with Gasteiger partial charge in [0, 0.05) is 22.9 Å². The summed E-state index contributed by atoms with van der Waals surface area (Å²) < 4.78 is 12.1. The second-order valence-corrected chi connectivity index (χ2v) is 8.44. The van der Waals surface area contributed by atoms with E-state index in [0.717, 1.165) is 47.1 Å². The fraction of sp³-hybridized carbons (Fsp3) is 0.500. The SMILES string of the molecule is CCCCOC(=O)C1=C(C)N(C)C(C)=C(C(=O)OCCCC)C1c1ccc(Br)cc1. The molecule has 1 aliphatic heterocycles. The number of ether oxygens (including phenoxy) is 2. The average molecular weight is 478 g/mol. The lowest BCUT2D eigenvalue weighted by Gasteiger charge is -2.35. The summed E-state index contributed by atoms with van der Waals surface area (Å²) in [5, 5.41) is 0. The van der Waals surface area contributed by atoms with Crippen LogP contribution in [0.3, 0.4) is 0 Å². The van der Waals surface area contributed by atoms with Crippen LogP contribution < -0.4 is 0 Å². The highest BCUT2D eigenvalue weighted by Crippen LogP contribution is 2.42. The van der Waals surface area contributed by atoms with Crippen molar-refractivity contribution in [3.63, 3.8) is 0 Å². The van der Waals surface area contributed by atoms with Crippen molar-refractivity contribution in [1.82, 2.24) is 4.90 Å². The third-order valence-corrected chi connectivity index (χ3v) is 6.00. The normalized spacial score (nSPS) is 14.9. The molecule has 5 nitrogen and oxygen atoms in total. The van der Waals surface area contributed by atoms with E-state index < -0.39 is 5.92 Å². The van der Waals surface area contributed by atoms with Crippen LogP contribution in [-0.4, -0.2) is 37.1 Å². The first-order valence-corrected chi connectivity index (χ1v) is 11.4. The maximum atomic E-state index is 13.1. The van der Waals surface area contributed by atoms with Gasteiger partial charge in [0.2, 0.25) is 0 Å². The van der Waals surface area contributed by atoms with Crippen LogP contribution in [0.5, 0.6) is 0 Å². The molecule has 0 bridgehead atoms. The van der Waals surface area contributed by atoms with Gasteiger partial charge in [0.05, 0.1) is 30.3 Å². The largest absolute Gasteiger partial charge is 0.462 e. The van der Waals surface area contributed by atoms with Gasteiger partial charge >= 0.3 is 11.9 Å². The number of carbonyl (C=O) groups is 2. The standard InChI is InChI=1S/C24H32BrNO4/c1-6-8-14-29-23(27)20-16(3)26(5)17(4)21(24(28)30-15-9-7-2)22(20)18-10-12-19(25)13-11-18/h10-13,22H,6-9,14-15H2,1-5H3. The number of esters is 2. The van der Waals surface area contributed by atoms with Crippen molar-refractivity contribution in [2.45, 2.75) is 59.3 Å². The zero-order valence-electron chi connectivity index (χ0n) is 18.6. The van der Waals surface area contributed by atoms with Crippen LogP contribution in [0, 0.1) is 0 Å². The molecule has 0 amide bonds. The molecule has 0 saturated heterocycles. The van der Waals surface area contributed by atoms with E-state index in [1.165, 1.54) is 0 Å². The van der Waals surface area contributed by atoms with E-state index in [2.05, 4.69) is 15.9 Å². The van der Waals surface area contributed by atoms with Crippen molar-refractivity contribution in [3.05, 3.63) is 56.8 Å². The lowest BCUT2D eigenvalue weighted by molar-refractivity contribution is -0.140. The van der Waals surface area contributed by atoms with Crippen molar-refractivity contribution >= 4 is 27.9 Å². The van der Waals surface area contributed by atoms with E-state index >= 15 is 0 Å². The Balaban J connectivity index is 2.53. The minimum Gasteiger partial charge on any atom is -0.462 e. The molecular weight excluding hydrogens is 446 g/mol. The third kappa shape index (κ3) is 5.54. The molecule has 0 saturated carbocycles. The van der Waals surface area contributed by atoms with Crippen LogP contribution in [-0.2, 0) is 19.1 Å². The Labute approximate surface area is 188 Å². The first kappa shape index (κ1) is 24.2. The molecule has 0 N–H and O–H groups in total. The van der Waals surface area contributed by atoms with Crippen molar-refractivity contribution in [1.29, 1.82) is 0 Å². The summed E-state index contributed by atoms with van der Waals surface area (Å²) in [5.41, 5.74) is 3.40. The molecule has 0 aromatic heterocycles. The number of nitrogens with zero attached hydrogens (tertiary/aromatic N) is 1. The van der Waals surface area contributed by atoms with Gasteiger partial charge in [-0.25, -0.2) is 9.59 Å². The van der Waals surface area contributed by atoms with Crippen LogP contribution in [0.1, 0.15) is 64.9 Å². The van der Waals surface area contributed by atoms with E-state index in [1.807, 2.05) is 63.9 Å². The van der Waals surface area contributed by atoms with Gasteiger partial charge in [-0.1, -0.05) is 54.8 Å². The summed E-state index contributed by atoms with van der Waals surface area (Å²) in [6.45, 7) is 8.61. The molecule has 0 atom stereocenters. The Hall–Kier alpha value is -2.08. The van der Waals surface area contributed by atoms with E-state index in [4.69, 9.17) is 9.47 Å².